The summed E-state index contributed by atoms with van der Waals surface area (Å²) in [5, 5.41) is 2.19. The predicted molar refractivity (Wildman–Crippen MR) is 55.1 cm³/mol. The molecule has 1 aromatic rings. The van der Waals surface area contributed by atoms with Crippen LogP contribution in [0.5, 0.6) is 0 Å². The van der Waals surface area contributed by atoms with Crippen molar-refractivity contribution in [2.45, 2.75) is 6.18 Å². The molecule has 0 aliphatic carbocycles. The first-order valence-electron chi connectivity index (χ1n) is 4.31. The van der Waals surface area contributed by atoms with Gasteiger partial charge in [0.05, 0.1) is 12.1 Å². The van der Waals surface area contributed by atoms with Crippen LogP contribution < -0.4 is 5.32 Å². The van der Waals surface area contributed by atoms with E-state index in [1.54, 1.807) is 7.05 Å². The van der Waals surface area contributed by atoms with Crippen LogP contribution >= 0.6 is 11.6 Å². The average Bonchev–Trinajstić information content (AvgIpc) is 2.19. The Kier molecular flexibility index (Phi) is 4.16. The summed E-state index contributed by atoms with van der Waals surface area (Å²) in [5.41, 5.74) is -0.780. The lowest BCUT2D eigenvalue weighted by molar-refractivity contribution is -0.137. The fraction of sp³-hybridized carbons (Fsp3) is 0.300. The molecule has 16 heavy (non-hydrogen) atoms. The zero-order valence-electron chi connectivity index (χ0n) is 8.32. The lowest BCUT2D eigenvalue weighted by atomic mass is 10.2. The first-order chi connectivity index (χ1) is 7.45. The van der Waals surface area contributed by atoms with E-state index in [9.17, 15) is 13.2 Å². The van der Waals surface area contributed by atoms with Crippen molar-refractivity contribution >= 4 is 11.6 Å². The van der Waals surface area contributed by atoms with Gasteiger partial charge >= 0.3 is 6.18 Å². The van der Waals surface area contributed by atoms with E-state index in [-0.39, 0.29) is 5.56 Å². The minimum atomic E-state index is -4.51. The highest BCUT2D eigenvalue weighted by atomic mass is 35.5. The number of hydrogen-bond acceptors (Lipinski definition) is 2. The van der Waals surface area contributed by atoms with Crippen LogP contribution in [0.4, 0.5) is 13.2 Å². The van der Waals surface area contributed by atoms with Gasteiger partial charge in [0.2, 0.25) is 0 Å². The van der Waals surface area contributed by atoms with Crippen molar-refractivity contribution in [3.05, 3.63) is 28.5 Å². The van der Waals surface area contributed by atoms with Crippen molar-refractivity contribution in [3.63, 3.8) is 0 Å². The fourth-order valence-electron chi connectivity index (χ4n) is 0.950. The van der Waals surface area contributed by atoms with Gasteiger partial charge in [-0.3, -0.25) is 0 Å². The van der Waals surface area contributed by atoms with E-state index in [2.05, 4.69) is 22.1 Å². The van der Waals surface area contributed by atoms with Crippen LogP contribution in [0.1, 0.15) is 11.1 Å². The van der Waals surface area contributed by atoms with Crippen molar-refractivity contribution in [3.8, 4) is 11.8 Å². The van der Waals surface area contributed by atoms with Gasteiger partial charge in [-0.1, -0.05) is 23.4 Å². The summed E-state index contributed by atoms with van der Waals surface area (Å²) in [4.78, 5) is 3.45. The molecule has 0 bridgehead atoms. The van der Waals surface area contributed by atoms with Crippen LogP contribution in [0.2, 0.25) is 5.15 Å². The molecule has 0 aromatic carbocycles. The summed E-state index contributed by atoms with van der Waals surface area (Å²) >= 11 is 5.35. The summed E-state index contributed by atoms with van der Waals surface area (Å²) in [6, 6.07) is 0.887. The molecule has 0 aliphatic rings. The molecule has 86 valence electrons. The highest BCUT2D eigenvalue weighted by molar-refractivity contribution is 6.30. The Hall–Kier alpha value is -1.25. The van der Waals surface area contributed by atoms with Crippen LogP contribution in [0, 0.1) is 11.8 Å². The molecule has 1 aromatic heterocycles. The smallest absolute Gasteiger partial charge is 0.309 e. The third-order valence-electron chi connectivity index (χ3n) is 1.64. The molecule has 0 atom stereocenters. The number of nitrogens with zero attached hydrogens (tertiary/aromatic N) is 1. The summed E-state index contributed by atoms with van der Waals surface area (Å²) in [6.07, 6.45) is -3.30. The molecule has 0 saturated heterocycles. The normalized spacial score (nSPS) is 10.8. The second kappa shape index (κ2) is 5.19. The maximum atomic E-state index is 12.4. The van der Waals surface area contributed by atoms with Gasteiger partial charge < -0.3 is 5.32 Å². The van der Waals surface area contributed by atoms with Crippen molar-refractivity contribution in [1.29, 1.82) is 0 Å². The maximum Gasteiger partial charge on any atom is 0.419 e. The van der Waals surface area contributed by atoms with E-state index < -0.39 is 16.9 Å². The first kappa shape index (κ1) is 12.8. The fourth-order valence-corrected chi connectivity index (χ4v) is 1.16. The number of rotatable bonds is 1. The third kappa shape index (κ3) is 3.40. The first-order valence-corrected chi connectivity index (χ1v) is 4.69. The summed E-state index contributed by atoms with van der Waals surface area (Å²) in [5.74, 6) is 5.19. The third-order valence-corrected chi connectivity index (χ3v) is 1.94. The van der Waals surface area contributed by atoms with Gasteiger partial charge in [0.25, 0.3) is 0 Å². The molecule has 0 amide bonds. The topological polar surface area (TPSA) is 24.9 Å². The number of aromatic nitrogens is 1. The molecule has 0 saturated carbocycles. The Morgan fingerprint density at radius 1 is 1.50 bits per heavy atom. The monoisotopic (exact) mass is 248 g/mol. The molecular formula is C10H8ClF3N2. The lowest BCUT2D eigenvalue weighted by Gasteiger charge is -2.07. The molecule has 0 unspecified atom stereocenters. The summed E-state index contributed by atoms with van der Waals surface area (Å²) < 4.78 is 37.3. The van der Waals surface area contributed by atoms with Gasteiger partial charge in [-0.05, 0) is 13.1 Å². The highest BCUT2D eigenvalue weighted by Gasteiger charge is 2.34. The van der Waals surface area contributed by atoms with E-state index in [4.69, 9.17) is 11.6 Å². The molecule has 6 heteroatoms. The Bertz CT molecular complexity index is 432. The van der Waals surface area contributed by atoms with Gasteiger partial charge in [-0.15, -0.1) is 0 Å². The Morgan fingerprint density at radius 3 is 2.75 bits per heavy atom. The van der Waals surface area contributed by atoms with E-state index >= 15 is 0 Å². The highest BCUT2D eigenvalue weighted by Crippen LogP contribution is 2.33. The van der Waals surface area contributed by atoms with E-state index in [1.165, 1.54) is 6.20 Å². The van der Waals surface area contributed by atoms with Crippen LogP contribution in [-0.4, -0.2) is 18.6 Å². The van der Waals surface area contributed by atoms with E-state index in [0.29, 0.717) is 6.54 Å². The van der Waals surface area contributed by atoms with Crippen LogP contribution in [-0.2, 0) is 6.18 Å². The van der Waals surface area contributed by atoms with Crippen molar-refractivity contribution in [1.82, 2.24) is 10.3 Å². The molecule has 0 aliphatic heterocycles. The number of pyridine rings is 1. The van der Waals surface area contributed by atoms with Crippen LogP contribution in [0.3, 0.4) is 0 Å². The lowest BCUT2D eigenvalue weighted by Crippen LogP contribution is -2.07. The largest absolute Gasteiger partial charge is 0.419 e. The predicted octanol–water partition coefficient (Wildman–Crippen LogP) is 2.32. The molecule has 1 heterocycles. The standard InChI is InChI=1S/C10H8ClF3N2/c1-15-4-2-3-7-5-8(10(12,13)14)9(11)16-6-7/h5-6,15H,4H2,1H3. The van der Waals surface area contributed by atoms with Gasteiger partial charge in [-0.2, -0.15) is 13.2 Å². The molecule has 1 N–H and O–H groups in total. The van der Waals surface area contributed by atoms with Gasteiger partial charge in [-0.25, -0.2) is 4.98 Å². The Labute approximate surface area is 95.8 Å². The second-order valence-electron chi connectivity index (χ2n) is 2.89. The van der Waals surface area contributed by atoms with Crippen molar-refractivity contribution in [2.24, 2.45) is 0 Å². The Balaban J connectivity index is 3.05. The van der Waals surface area contributed by atoms with Crippen molar-refractivity contribution < 1.29 is 13.2 Å². The molecule has 0 spiro atoms. The zero-order valence-corrected chi connectivity index (χ0v) is 9.08. The summed E-state index contributed by atoms with van der Waals surface area (Å²) in [6.45, 7) is 0.393. The van der Waals surface area contributed by atoms with Gasteiger partial charge in [0, 0.05) is 11.8 Å². The number of hydrogen-bond donors (Lipinski definition) is 1. The van der Waals surface area contributed by atoms with Crippen LogP contribution in [0.25, 0.3) is 0 Å². The maximum absolute atomic E-state index is 12.4. The van der Waals surface area contributed by atoms with E-state index in [1.807, 2.05) is 0 Å². The molecule has 0 fully saturated rings. The molecule has 0 radical (unpaired) electrons. The molecule has 1 rings (SSSR count). The van der Waals surface area contributed by atoms with Crippen LogP contribution in [0.15, 0.2) is 12.3 Å². The van der Waals surface area contributed by atoms with Crippen molar-refractivity contribution in [2.75, 3.05) is 13.6 Å². The Morgan fingerprint density at radius 2 is 2.19 bits per heavy atom. The van der Waals surface area contributed by atoms with Gasteiger partial charge in [0.1, 0.15) is 5.15 Å². The number of alkyl halides is 3. The average molecular weight is 249 g/mol. The minimum Gasteiger partial charge on any atom is -0.309 e. The minimum absolute atomic E-state index is 0.187. The zero-order chi connectivity index (χ0) is 12.2. The van der Waals surface area contributed by atoms with E-state index in [0.717, 1.165) is 6.07 Å². The van der Waals surface area contributed by atoms with Gasteiger partial charge in [0.15, 0.2) is 0 Å². The number of nitrogens with one attached hydrogen (secondary N) is 1. The number of halogens is 4. The molecule has 2 nitrogen and oxygen atoms in total. The second-order valence-corrected chi connectivity index (χ2v) is 3.25. The quantitative estimate of drug-likeness (QED) is 0.609. The SMILES string of the molecule is CNCC#Cc1cnc(Cl)c(C(F)(F)F)c1. The summed E-state index contributed by atoms with van der Waals surface area (Å²) in [7, 11) is 1.69. The molecular weight excluding hydrogens is 241 g/mol.